The van der Waals surface area contributed by atoms with E-state index in [9.17, 15) is 34.4 Å². The Morgan fingerprint density at radius 3 is 2.56 bits per heavy atom. The number of phenols is 1. The van der Waals surface area contributed by atoms with Gasteiger partial charge in [-0.15, -0.1) is 0 Å². The number of amides is 2. The number of phenolic OH excluding ortho intramolecular Hbond substituents is 1. The zero-order chi connectivity index (χ0) is 27.7. The number of carbonyl (C=O) groups excluding carboxylic acids is 4. The van der Waals surface area contributed by atoms with Gasteiger partial charge in [0.15, 0.2) is 11.6 Å². The van der Waals surface area contributed by atoms with Crippen molar-refractivity contribution in [2.75, 3.05) is 4.90 Å². The number of hydrogen-bond donors (Lipinski definition) is 1. The van der Waals surface area contributed by atoms with E-state index in [0.29, 0.717) is 26.8 Å². The monoisotopic (exact) mass is 588 g/mol. The first kappa shape index (κ1) is 25.1. The van der Waals surface area contributed by atoms with Crippen LogP contribution in [0.25, 0.3) is 0 Å². The van der Waals surface area contributed by atoms with Gasteiger partial charge in [-0.2, -0.15) is 0 Å². The van der Waals surface area contributed by atoms with Crippen LogP contribution >= 0.6 is 15.9 Å². The summed E-state index contributed by atoms with van der Waals surface area (Å²) in [7, 11) is 0. The fourth-order valence-corrected chi connectivity index (χ4v) is 6.85. The van der Waals surface area contributed by atoms with Crippen LogP contribution in [0.3, 0.4) is 0 Å². The zero-order valence-electron chi connectivity index (χ0n) is 20.6. The van der Waals surface area contributed by atoms with Crippen molar-refractivity contribution in [2.24, 2.45) is 17.8 Å². The highest BCUT2D eigenvalue weighted by Crippen LogP contribution is 2.56. The number of ketones is 2. The van der Waals surface area contributed by atoms with Gasteiger partial charge in [-0.05, 0) is 56.0 Å². The van der Waals surface area contributed by atoms with Crippen LogP contribution in [0.5, 0.6) is 5.75 Å². The molecule has 4 atom stereocenters. The van der Waals surface area contributed by atoms with E-state index >= 15 is 0 Å². The number of benzene rings is 2. The number of rotatable bonds is 3. The normalized spacial score (nSPS) is 26.2. The van der Waals surface area contributed by atoms with Crippen molar-refractivity contribution in [1.29, 1.82) is 0 Å². The predicted octanol–water partition coefficient (Wildman–Crippen LogP) is 4.70. The number of anilines is 1. The molecule has 3 aliphatic carbocycles. The maximum Gasteiger partial charge on any atom is 0.271 e. The lowest BCUT2D eigenvalue weighted by Gasteiger charge is -2.42. The van der Waals surface area contributed by atoms with Crippen molar-refractivity contribution in [2.45, 2.75) is 25.7 Å². The van der Waals surface area contributed by atoms with Crippen LogP contribution in [-0.2, 0) is 19.2 Å². The van der Waals surface area contributed by atoms with Crippen LogP contribution in [0.2, 0.25) is 0 Å². The molecule has 1 aliphatic heterocycles. The molecule has 1 fully saturated rings. The number of carbonyl (C=O) groups is 4. The van der Waals surface area contributed by atoms with Gasteiger partial charge in [0.1, 0.15) is 5.75 Å². The molecule has 0 saturated carbocycles. The van der Waals surface area contributed by atoms with Gasteiger partial charge in [-0.3, -0.25) is 29.3 Å². The summed E-state index contributed by atoms with van der Waals surface area (Å²) in [6.45, 7) is 1.58. The molecule has 196 valence electrons. The molecule has 0 aromatic heterocycles. The van der Waals surface area contributed by atoms with E-state index in [0.717, 1.165) is 4.90 Å². The van der Waals surface area contributed by atoms with Crippen LogP contribution in [-0.4, -0.2) is 33.4 Å². The van der Waals surface area contributed by atoms with E-state index in [1.165, 1.54) is 36.4 Å². The number of nitrogens with zero attached hydrogens (tertiary/aromatic N) is 2. The molecular formula is C29H21BrN2O7. The van der Waals surface area contributed by atoms with Crippen molar-refractivity contribution < 1.29 is 29.2 Å². The molecule has 10 heteroatoms. The molecule has 4 unspecified atom stereocenters. The number of fused-ring (bicyclic) bond motifs is 3. The molecule has 4 aliphatic rings. The second-order valence-electron chi connectivity index (χ2n) is 10.2. The summed E-state index contributed by atoms with van der Waals surface area (Å²) >= 11 is 3.43. The van der Waals surface area contributed by atoms with Crippen molar-refractivity contribution in [3.05, 3.63) is 97.1 Å². The van der Waals surface area contributed by atoms with Gasteiger partial charge in [0.05, 0.1) is 22.4 Å². The third kappa shape index (κ3) is 3.73. The minimum absolute atomic E-state index is 0.0572. The highest BCUT2D eigenvalue weighted by atomic mass is 79.9. The van der Waals surface area contributed by atoms with Crippen molar-refractivity contribution in [1.82, 2.24) is 0 Å². The highest BCUT2D eigenvalue weighted by molar-refractivity contribution is 9.10. The number of nitro benzene ring substituents is 1. The molecule has 2 amide bonds. The van der Waals surface area contributed by atoms with Gasteiger partial charge in [0.25, 0.3) is 5.69 Å². The fraction of sp³-hybridized carbons (Fsp3) is 0.241. The summed E-state index contributed by atoms with van der Waals surface area (Å²) in [5.74, 6) is -4.50. The average Bonchev–Trinajstić information content (AvgIpc) is 3.17. The first-order valence-electron chi connectivity index (χ1n) is 12.4. The molecule has 2 aromatic rings. The van der Waals surface area contributed by atoms with E-state index in [1.807, 2.05) is 6.08 Å². The Balaban J connectivity index is 1.49. The lowest BCUT2D eigenvalue weighted by molar-refractivity contribution is -0.384. The smallest absolute Gasteiger partial charge is 0.271 e. The molecule has 1 heterocycles. The lowest BCUT2D eigenvalue weighted by Crippen LogP contribution is -2.39. The van der Waals surface area contributed by atoms with Crippen molar-refractivity contribution in [3.63, 3.8) is 0 Å². The number of nitro groups is 1. The molecule has 0 radical (unpaired) electrons. The molecule has 6 rings (SSSR count). The number of halogens is 1. The third-order valence-electron chi connectivity index (χ3n) is 8.16. The molecule has 1 N–H and O–H groups in total. The van der Waals surface area contributed by atoms with E-state index < -0.39 is 40.4 Å². The number of non-ortho nitro benzene ring substituents is 1. The second-order valence-corrected chi connectivity index (χ2v) is 11.1. The second kappa shape index (κ2) is 8.94. The Bertz CT molecular complexity index is 1640. The summed E-state index contributed by atoms with van der Waals surface area (Å²) < 4.78 is 0.666. The maximum atomic E-state index is 13.9. The summed E-state index contributed by atoms with van der Waals surface area (Å²) in [6.07, 6.45) is 3.47. The molecule has 1 saturated heterocycles. The van der Waals surface area contributed by atoms with Gasteiger partial charge in [-0.1, -0.05) is 33.6 Å². The summed E-state index contributed by atoms with van der Waals surface area (Å²) in [6, 6.07) is 10.2. The maximum absolute atomic E-state index is 13.9. The van der Waals surface area contributed by atoms with Crippen molar-refractivity contribution in [3.8, 4) is 5.75 Å². The Kier molecular flexibility index (Phi) is 5.76. The molecular weight excluding hydrogens is 568 g/mol. The molecule has 9 nitrogen and oxygen atoms in total. The van der Waals surface area contributed by atoms with Gasteiger partial charge in [0.2, 0.25) is 11.8 Å². The minimum Gasteiger partial charge on any atom is -0.508 e. The Labute approximate surface area is 230 Å². The topological polar surface area (TPSA) is 135 Å². The average molecular weight is 589 g/mol. The zero-order valence-corrected chi connectivity index (χ0v) is 22.2. The summed E-state index contributed by atoms with van der Waals surface area (Å²) in [5, 5.41) is 22.2. The van der Waals surface area contributed by atoms with Gasteiger partial charge >= 0.3 is 0 Å². The summed E-state index contributed by atoms with van der Waals surface area (Å²) in [4.78, 5) is 65.8. The Morgan fingerprint density at radius 1 is 1.05 bits per heavy atom. The van der Waals surface area contributed by atoms with E-state index in [2.05, 4.69) is 15.9 Å². The Morgan fingerprint density at radius 2 is 1.82 bits per heavy atom. The fourth-order valence-electron chi connectivity index (χ4n) is 6.47. The standard InChI is InChI=1S/C29H21BrN2O7/c1-13-9-23(34)21-12-19-17(24(26(21)27(13)35)20-10-14(30)5-8-22(20)33)6-7-18-25(19)29(37)31(28(18)36)15-3-2-4-16(11-15)32(38)39/h2-6,8-11,18-19,24-25,33H,7,12H2,1H3. The number of aromatic hydroxyl groups is 1. The molecule has 39 heavy (non-hydrogen) atoms. The predicted molar refractivity (Wildman–Crippen MR) is 143 cm³/mol. The van der Waals surface area contributed by atoms with Crippen LogP contribution < -0.4 is 4.90 Å². The number of imide groups is 1. The number of allylic oxidation sites excluding steroid dienone is 6. The first-order valence-corrected chi connectivity index (χ1v) is 13.2. The highest BCUT2D eigenvalue weighted by Gasteiger charge is 2.57. The molecule has 2 aromatic carbocycles. The van der Waals surface area contributed by atoms with Crippen LogP contribution in [0, 0.1) is 27.9 Å². The van der Waals surface area contributed by atoms with Crippen LogP contribution in [0.1, 0.15) is 31.2 Å². The van der Waals surface area contributed by atoms with Gasteiger partial charge in [-0.25, -0.2) is 4.90 Å². The van der Waals surface area contributed by atoms with E-state index in [1.54, 1.807) is 19.1 Å². The summed E-state index contributed by atoms with van der Waals surface area (Å²) in [5.41, 5.74) is 1.89. The number of hydrogen-bond acceptors (Lipinski definition) is 7. The molecule has 0 spiro atoms. The SMILES string of the molecule is CC1=CC(=O)C2=C(C1=O)C(c1cc(Br)ccc1O)C1=CCC3C(=O)N(c4cccc([N+](=O)[O-])c4)C(=O)C3C1C2. The quantitative estimate of drug-likeness (QED) is 0.180. The molecule has 0 bridgehead atoms. The Hall–Kier alpha value is -4.18. The largest absolute Gasteiger partial charge is 0.508 e. The van der Waals surface area contributed by atoms with Gasteiger partial charge in [0, 0.05) is 44.8 Å². The van der Waals surface area contributed by atoms with E-state index in [4.69, 9.17) is 0 Å². The van der Waals surface area contributed by atoms with Crippen LogP contribution in [0.15, 0.2) is 81.4 Å². The number of Topliss-reactive ketones (excluding diaryl/α,β-unsaturated/α-hetero) is 1. The van der Waals surface area contributed by atoms with E-state index in [-0.39, 0.29) is 47.1 Å². The van der Waals surface area contributed by atoms with Crippen molar-refractivity contribution >= 4 is 50.7 Å². The third-order valence-corrected chi connectivity index (χ3v) is 8.66. The first-order chi connectivity index (χ1) is 18.6. The minimum atomic E-state index is -0.822. The lowest BCUT2D eigenvalue weighted by atomic mass is 9.59. The van der Waals surface area contributed by atoms with Gasteiger partial charge < -0.3 is 5.11 Å². The van der Waals surface area contributed by atoms with Crippen LogP contribution in [0.4, 0.5) is 11.4 Å².